The maximum atomic E-state index is 2.86. The zero-order valence-electron chi connectivity index (χ0n) is 21.5. The van der Waals surface area contributed by atoms with Crippen LogP contribution in [-0.4, -0.2) is 0 Å². The molecule has 0 nitrogen and oxygen atoms in total. The van der Waals surface area contributed by atoms with E-state index in [1.54, 1.807) is 0 Å². The zero-order chi connectivity index (χ0) is 21.7. The van der Waals surface area contributed by atoms with Gasteiger partial charge in [-0.3, -0.25) is 0 Å². The summed E-state index contributed by atoms with van der Waals surface area (Å²) in [6.07, 6.45) is 17.4. The Balaban J connectivity index is 1.56. The van der Waals surface area contributed by atoms with Crippen LogP contribution in [0.25, 0.3) is 0 Å². The molecule has 5 rings (SSSR count). The van der Waals surface area contributed by atoms with Crippen LogP contribution in [0.1, 0.15) is 120 Å². The monoisotopic (exact) mass is 410 g/mol. The molecule has 5 aliphatic carbocycles. The summed E-state index contributed by atoms with van der Waals surface area (Å²) >= 11 is 0. The van der Waals surface area contributed by atoms with Crippen LogP contribution in [0.4, 0.5) is 0 Å². The lowest BCUT2D eigenvalue weighted by Crippen LogP contribution is -2.61. The molecule has 0 radical (unpaired) electrons. The lowest BCUT2D eigenvalue weighted by molar-refractivity contribution is -0.156. The van der Waals surface area contributed by atoms with Crippen molar-refractivity contribution in [3.63, 3.8) is 0 Å². The summed E-state index contributed by atoms with van der Waals surface area (Å²) in [5.74, 6) is 4.49. The standard InChI is InChI=1S/C30H50/c1-20(2)21-10-13-25-28(21,6)18-19-29(7)23-11-12-24-26(3,4)15-9-16-27(24,5)22(23)14-17-30(25,29)8/h14,20-21,23-25H,9-13,15-19H2,1-8H3/t21-,23+,24+,25?,27-,28-,29-,30+/m1/s1. The van der Waals surface area contributed by atoms with Crippen LogP contribution in [0.5, 0.6) is 0 Å². The first kappa shape index (κ1) is 21.6. The molecule has 4 saturated carbocycles. The van der Waals surface area contributed by atoms with Crippen LogP contribution in [0.15, 0.2) is 11.6 Å². The third kappa shape index (κ3) is 2.46. The van der Waals surface area contributed by atoms with E-state index in [9.17, 15) is 0 Å². The zero-order valence-corrected chi connectivity index (χ0v) is 21.5. The van der Waals surface area contributed by atoms with Gasteiger partial charge in [0.2, 0.25) is 0 Å². The fourth-order valence-electron chi connectivity index (χ4n) is 11.3. The lowest BCUT2D eigenvalue weighted by atomic mass is 9.36. The van der Waals surface area contributed by atoms with E-state index < -0.39 is 0 Å². The summed E-state index contributed by atoms with van der Waals surface area (Å²) in [5, 5.41) is 0. The molecule has 0 heteroatoms. The van der Waals surface area contributed by atoms with Gasteiger partial charge in [0.05, 0.1) is 0 Å². The summed E-state index contributed by atoms with van der Waals surface area (Å²) in [6, 6.07) is 0. The van der Waals surface area contributed by atoms with Crippen molar-refractivity contribution in [1.82, 2.24) is 0 Å². The van der Waals surface area contributed by atoms with Crippen LogP contribution in [0, 0.1) is 56.7 Å². The molecule has 0 amide bonds. The Morgan fingerprint density at radius 3 is 2.17 bits per heavy atom. The minimum atomic E-state index is 0.478. The van der Waals surface area contributed by atoms with Crippen molar-refractivity contribution in [2.24, 2.45) is 56.7 Å². The molecular weight excluding hydrogens is 360 g/mol. The maximum absolute atomic E-state index is 2.86. The molecule has 4 fully saturated rings. The molecule has 0 heterocycles. The van der Waals surface area contributed by atoms with Crippen molar-refractivity contribution < 1.29 is 0 Å². The molecule has 30 heavy (non-hydrogen) atoms. The summed E-state index contributed by atoms with van der Waals surface area (Å²) < 4.78 is 0. The van der Waals surface area contributed by atoms with Crippen LogP contribution in [0.3, 0.4) is 0 Å². The van der Waals surface area contributed by atoms with Gasteiger partial charge in [-0.1, -0.05) is 73.5 Å². The maximum Gasteiger partial charge on any atom is -0.00801 e. The van der Waals surface area contributed by atoms with Gasteiger partial charge in [-0.05, 0) is 114 Å². The van der Waals surface area contributed by atoms with Crippen molar-refractivity contribution in [2.45, 2.75) is 120 Å². The van der Waals surface area contributed by atoms with Crippen molar-refractivity contribution in [3.8, 4) is 0 Å². The minimum Gasteiger partial charge on any atom is -0.0839 e. The highest BCUT2D eigenvalue weighted by Gasteiger charge is 2.67. The molecule has 0 spiro atoms. The fraction of sp³-hybridized carbons (Fsp3) is 0.933. The molecule has 0 aliphatic heterocycles. The molecule has 5 aliphatic rings. The van der Waals surface area contributed by atoms with Gasteiger partial charge in [-0.2, -0.15) is 0 Å². The van der Waals surface area contributed by atoms with Crippen LogP contribution in [0.2, 0.25) is 0 Å². The van der Waals surface area contributed by atoms with E-state index >= 15 is 0 Å². The smallest absolute Gasteiger partial charge is 0.00801 e. The Morgan fingerprint density at radius 2 is 1.47 bits per heavy atom. The number of hydrogen-bond acceptors (Lipinski definition) is 0. The Labute approximate surface area is 188 Å². The lowest BCUT2D eigenvalue weighted by Gasteiger charge is -2.69. The van der Waals surface area contributed by atoms with E-state index in [0.717, 1.165) is 29.6 Å². The average Bonchev–Trinajstić information content (AvgIpc) is 3.01. The van der Waals surface area contributed by atoms with Crippen LogP contribution < -0.4 is 0 Å². The van der Waals surface area contributed by atoms with Crippen molar-refractivity contribution >= 4 is 0 Å². The van der Waals surface area contributed by atoms with Crippen LogP contribution in [-0.2, 0) is 0 Å². The second-order valence-electron chi connectivity index (χ2n) is 14.6. The third-order valence-corrected chi connectivity index (χ3v) is 13.0. The summed E-state index contributed by atoms with van der Waals surface area (Å²) in [6.45, 7) is 21.1. The van der Waals surface area contributed by atoms with Gasteiger partial charge in [0.1, 0.15) is 0 Å². The highest BCUT2D eigenvalue weighted by Crippen LogP contribution is 2.76. The molecular formula is C30H50. The van der Waals surface area contributed by atoms with E-state index in [1.165, 1.54) is 64.2 Å². The molecule has 0 bridgehead atoms. The number of rotatable bonds is 1. The third-order valence-electron chi connectivity index (χ3n) is 13.0. The minimum absolute atomic E-state index is 0.478. The first-order valence-electron chi connectivity index (χ1n) is 13.6. The Bertz CT molecular complexity index is 741. The van der Waals surface area contributed by atoms with E-state index in [-0.39, 0.29) is 0 Å². The highest BCUT2D eigenvalue weighted by atomic mass is 14.7. The van der Waals surface area contributed by atoms with Gasteiger partial charge in [-0.15, -0.1) is 0 Å². The predicted octanol–water partition coefficient (Wildman–Crippen LogP) is 9.05. The molecule has 0 saturated heterocycles. The van der Waals surface area contributed by atoms with Gasteiger partial charge >= 0.3 is 0 Å². The second-order valence-corrected chi connectivity index (χ2v) is 14.6. The summed E-state index contributed by atoms with van der Waals surface area (Å²) in [5.41, 5.74) is 4.55. The second kappa shape index (κ2) is 6.41. The SMILES string of the molecule is CC(C)[C@H]1CCC2[C@]1(C)CC[C@]1(C)[C@H]3CC[C@H]4C(C)(C)CCC[C@]4(C)C3=CC[C@@]21C. The van der Waals surface area contributed by atoms with Gasteiger partial charge in [-0.25, -0.2) is 0 Å². The van der Waals surface area contributed by atoms with Gasteiger partial charge in [0.15, 0.2) is 0 Å². The van der Waals surface area contributed by atoms with Crippen molar-refractivity contribution in [1.29, 1.82) is 0 Å². The highest BCUT2D eigenvalue weighted by molar-refractivity contribution is 5.32. The van der Waals surface area contributed by atoms with E-state index in [1.807, 2.05) is 5.57 Å². The fourth-order valence-corrected chi connectivity index (χ4v) is 11.3. The molecule has 1 unspecified atom stereocenters. The van der Waals surface area contributed by atoms with Crippen LogP contribution >= 0.6 is 0 Å². The largest absolute Gasteiger partial charge is 0.0839 e. The quantitative estimate of drug-likeness (QED) is 0.378. The number of fused-ring (bicyclic) bond motifs is 7. The summed E-state index contributed by atoms with van der Waals surface area (Å²) in [4.78, 5) is 0. The van der Waals surface area contributed by atoms with Crippen molar-refractivity contribution in [3.05, 3.63) is 11.6 Å². The average molecular weight is 411 g/mol. The number of hydrogen-bond donors (Lipinski definition) is 0. The normalized spacial score (nSPS) is 54.6. The molecule has 0 aromatic carbocycles. The molecule has 0 aromatic rings. The molecule has 0 aromatic heterocycles. The predicted molar refractivity (Wildman–Crippen MR) is 129 cm³/mol. The van der Waals surface area contributed by atoms with Gasteiger partial charge in [0.25, 0.3) is 0 Å². The molecule has 170 valence electrons. The number of allylic oxidation sites excluding steroid dienone is 2. The van der Waals surface area contributed by atoms with Crippen molar-refractivity contribution in [2.75, 3.05) is 0 Å². The van der Waals surface area contributed by atoms with Gasteiger partial charge in [0, 0.05) is 0 Å². The summed E-state index contributed by atoms with van der Waals surface area (Å²) in [7, 11) is 0. The Morgan fingerprint density at radius 1 is 0.767 bits per heavy atom. The van der Waals surface area contributed by atoms with E-state index in [0.29, 0.717) is 27.1 Å². The first-order chi connectivity index (χ1) is 13.9. The topological polar surface area (TPSA) is 0 Å². The molecule has 0 N–H and O–H groups in total. The Hall–Kier alpha value is -0.260. The van der Waals surface area contributed by atoms with E-state index in [2.05, 4.69) is 61.5 Å². The van der Waals surface area contributed by atoms with E-state index in [4.69, 9.17) is 0 Å². The Kier molecular flexibility index (Phi) is 4.61. The first-order valence-corrected chi connectivity index (χ1v) is 13.6. The van der Waals surface area contributed by atoms with Gasteiger partial charge < -0.3 is 0 Å². The molecule has 8 atom stereocenters.